The van der Waals surface area contributed by atoms with Crippen molar-refractivity contribution in [1.29, 1.82) is 0 Å². The van der Waals surface area contributed by atoms with Crippen molar-refractivity contribution >= 4 is 27.6 Å². The number of ether oxygens (including phenoxy) is 1. The number of methoxy groups -OCH3 is 1. The van der Waals surface area contributed by atoms with E-state index >= 15 is 0 Å². The Bertz CT molecular complexity index is 604. The summed E-state index contributed by atoms with van der Waals surface area (Å²) in [7, 11) is -2.61. The lowest BCUT2D eigenvalue weighted by Gasteiger charge is -2.21. The Balaban J connectivity index is 3.26. The number of nitrogens with zero attached hydrogens (tertiary/aromatic N) is 1. The average Bonchev–Trinajstić information content (AvgIpc) is 2.43. The molecule has 9 heteroatoms. The summed E-state index contributed by atoms with van der Waals surface area (Å²) in [5.74, 6) is -1.26. The van der Waals surface area contributed by atoms with E-state index in [1.165, 1.54) is 19.2 Å². The fourth-order valence-electron chi connectivity index (χ4n) is 1.63. The fraction of sp³-hybridized carbons (Fsp3) is 0.417. The van der Waals surface area contributed by atoms with E-state index < -0.39 is 16.0 Å². The zero-order valence-corrected chi connectivity index (χ0v) is 12.9. The molecule has 0 atom stereocenters. The van der Waals surface area contributed by atoms with Crippen molar-refractivity contribution in [3.63, 3.8) is 0 Å². The SMILES string of the molecule is COCCN(CCO)S(=O)(=O)c1cc(C(=O)O)ccc1Cl. The van der Waals surface area contributed by atoms with Gasteiger partial charge in [-0.2, -0.15) is 4.31 Å². The van der Waals surface area contributed by atoms with E-state index in [0.717, 1.165) is 10.4 Å². The second-order valence-corrected chi connectivity index (χ2v) is 6.38. The van der Waals surface area contributed by atoms with Crippen LogP contribution in [0.15, 0.2) is 23.1 Å². The second-order valence-electron chi connectivity index (χ2n) is 4.07. The van der Waals surface area contributed by atoms with Crippen LogP contribution in [0.1, 0.15) is 10.4 Å². The van der Waals surface area contributed by atoms with Gasteiger partial charge in [0.05, 0.1) is 23.8 Å². The number of carboxylic acid groups (broad SMARTS) is 1. The van der Waals surface area contributed by atoms with Crippen LogP contribution in [0.25, 0.3) is 0 Å². The molecule has 0 amide bonds. The minimum atomic E-state index is -4.02. The molecular weight excluding hydrogens is 322 g/mol. The van der Waals surface area contributed by atoms with Crippen molar-refractivity contribution in [2.45, 2.75) is 4.90 Å². The summed E-state index contributed by atoms with van der Waals surface area (Å²) in [5.41, 5.74) is -0.186. The molecule has 0 spiro atoms. The highest BCUT2D eigenvalue weighted by atomic mass is 35.5. The van der Waals surface area contributed by atoms with Gasteiger partial charge < -0.3 is 14.9 Å². The highest BCUT2D eigenvalue weighted by molar-refractivity contribution is 7.89. The third-order valence-electron chi connectivity index (χ3n) is 2.69. The van der Waals surface area contributed by atoms with E-state index in [1.54, 1.807) is 0 Å². The molecule has 0 bridgehead atoms. The number of halogens is 1. The minimum Gasteiger partial charge on any atom is -0.478 e. The van der Waals surface area contributed by atoms with E-state index in [-0.39, 0.29) is 41.8 Å². The Hall–Kier alpha value is -1.19. The van der Waals surface area contributed by atoms with Gasteiger partial charge in [-0.25, -0.2) is 13.2 Å². The largest absolute Gasteiger partial charge is 0.478 e. The van der Waals surface area contributed by atoms with Crippen molar-refractivity contribution in [1.82, 2.24) is 4.31 Å². The first-order chi connectivity index (χ1) is 9.84. The van der Waals surface area contributed by atoms with Crippen LogP contribution in [-0.2, 0) is 14.8 Å². The summed E-state index contributed by atoms with van der Waals surface area (Å²) in [4.78, 5) is 10.6. The maximum atomic E-state index is 12.5. The van der Waals surface area contributed by atoms with Gasteiger partial charge in [-0.3, -0.25) is 0 Å². The van der Waals surface area contributed by atoms with Crippen LogP contribution < -0.4 is 0 Å². The number of aliphatic hydroxyl groups excluding tert-OH is 1. The summed E-state index contributed by atoms with van der Waals surface area (Å²) in [6.45, 7) is -0.360. The lowest BCUT2D eigenvalue weighted by atomic mass is 10.2. The number of sulfonamides is 1. The number of benzene rings is 1. The van der Waals surface area contributed by atoms with Crippen LogP contribution in [0.2, 0.25) is 5.02 Å². The lowest BCUT2D eigenvalue weighted by Crippen LogP contribution is -2.36. The zero-order chi connectivity index (χ0) is 16.0. The molecular formula is C12H16ClNO6S. The Morgan fingerprint density at radius 1 is 1.38 bits per heavy atom. The molecule has 0 aliphatic heterocycles. The summed E-state index contributed by atoms with van der Waals surface area (Å²) in [6, 6.07) is 3.43. The molecule has 1 aromatic rings. The van der Waals surface area contributed by atoms with Crippen molar-refractivity contribution in [2.24, 2.45) is 0 Å². The van der Waals surface area contributed by atoms with Crippen LogP contribution in [0.3, 0.4) is 0 Å². The lowest BCUT2D eigenvalue weighted by molar-refractivity contribution is 0.0696. The smallest absolute Gasteiger partial charge is 0.335 e. The Labute approximate surface area is 127 Å². The summed E-state index contributed by atoms with van der Waals surface area (Å²) < 4.78 is 30.8. The molecule has 0 unspecified atom stereocenters. The molecule has 0 radical (unpaired) electrons. The number of aliphatic hydroxyl groups is 1. The van der Waals surface area contributed by atoms with Gasteiger partial charge in [-0.05, 0) is 18.2 Å². The zero-order valence-electron chi connectivity index (χ0n) is 11.3. The molecule has 0 saturated carbocycles. The monoisotopic (exact) mass is 337 g/mol. The van der Waals surface area contributed by atoms with Crippen molar-refractivity contribution in [2.75, 3.05) is 33.4 Å². The van der Waals surface area contributed by atoms with Crippen LogP contribution in [0.4, 0.5) is 0 Å². The molecule has 21 heavy (non-hydrogen) atoms. The van der Waals surface area contributed by atoms with Gasteiger partial charge >= 0.3 is 5.97 Å². The molecule has 1 rings (SSSR count). The van der Waals surface area contributed by atoms with Crippen molar-refractivity contribution in [3.8, 4) is 0 Å². The molecule has 0 aromatic heterocycles. The normalized spacial score (nSPS) is 11.8. The third-order valence-corrected chi connectivity index (χ3v) is 5.07. The first-order valence-electron chi connectivity index (χ1n) is 5.97. The molecule has 0 heterocycles. The molecule has 0 fully saturated rings. The average molecular weight is 338 g/mol. The first kappa shape index (κ1) is 17.9. The number of rotatable bonds is 8. The Kier molecular flexibility index (Phi) is 6.56. The van der Waals surface area contributed by atoms with Gasteiger partial charge in [0.15, 0.2) is 0 Å². The van der Waals surface area contributed by atoms with Gasteiger partial charge in [0.1, 0.15) is 4.90 Å². The van der Waals surface area contributed by atoms with E-state index in [1.807, 2.05) is 0 Å². The predicted octanol–water partition coefficient (Wildman–Crippen LogP) is 0.668. The minimum absolute atomic E-state index is 0.0209. The topological polar surface area (TPSA) is 104 Å². The van der Waals surface area contributed by atoms with E-state index in [2.05, 4.69) is 0 Å². The van der Waals surface area contributed by atoms with E-state index in [0.29, 0.717) is 0 Å². The molecule has 0 aliphatic carbocycles. The molecule has 1 aromatic carbocycles. The van der Waals surface area contributed by atoms with Gasteiger partial charge in [0, 0.05) is 20.2 Å². The number of hydrogen-bond donors (Lipinski definition) is 2. The van der Waals surface area contributed by atoms with E-state index in [4.69, 9.17) is 26.6 Å². The predicted molar refractivity (Wildman–Crippen MR) is 76.1 cm³/mol. The second kappa shape index (κ2) is 7.71. The van der Waals surface area contributed by atoms with E-state index in [9.17, 15) is 13.2 Å². The maximum Gasteiger partial charge on any atom is 0.335 e. The van der Waals surface area contributed by atoms with Crippen LogP contribution in [0, 0.1) is 0 Å². The number of carbonyl (C=O) groups is 1. The van der Waals surface area contributed by atoms with Crippen LogP contribution >= 0.6 is 11.6 Å². The van der Waals surface area contributed by atoms with Crippen LogP contribution in [-0.4, -0.2) is 62.3 Å². The summed E-state index contributed by atoms with van der Waals surface area (Å²) in [6.07, 6.45) is 0. The van der Waals surface area contributed by atoms with Gasteiger partial charge in [-0.15, -0.1) is 0 Å². The molecule has 7 nitrogen and oxygen atoms in total. The standard InChI is InChI=1S/C12H16ClNO6S/c1-20-7-5-14(4-6-15)21(18,19)11-8-9(12(16)17)2-3-10(11)13/h2-3,8,15H,4-7H2,1H3,(H,16,17). The van der Waals surface area contributed by atoms with Gasteiger partial charge in [0.25, 0.3) is 0 Å². The van der Waals surface area contributed by atoms with Crippen molar-refractivity contribution in [3.05, 3.63) is 28.8 Å². The van der Waals surface area contributed by atoms with Gasteiger partial charge in [0.2, 0.25) is 10.0 Å². The maximum absolute atomic E-state index is 12.5. The molecule has 2 N–H and O–H groups in total. The number of aromatic carboxylic acids is 1. The fourth-order valence-corrected chi connectivity index (χ4v) is 3.55. The first-order valence-corrected chi connectivity index (χ1v) is 7.79. The molecule has 118 valence electrons. The number of hydrogen-bond acceptors (Lipinski definition) is 5. The van der Waals surface area contributed by atoms with Crippen LogP contribution in [0.5, 0.6) is 0 Å². The molecule has 0 aliphatic rings. The van der Waals surface area contributed by atoms with Crippen molar-refractivity contribution < 1.29 is 28.2 Å². The quantitative estimate of drug-likeness (QED) is 0.722. The highest BCUT2D eigenvalue weighted by Crippen LogP contribution is 2.25. The summed E-state index contributed by atoms with van der Waals surface area (Å²) in [5, 5.41) is 17.8. The molecule has 0 saturated heterocycles. The third kappa shape index (κ3) is 4.39. The Morgan fingerprint density at radius 3 is 2.57 bits per heavy atom. The van der Waals surface area contributed by atoms with Gasteiger partial charge in [-0.1, -0.05) is 11.6 Å². The summed E-state index contributed by atoms with van der Waals surface area (Å²) >= 11 is 5.87. The number of carboxylic acids is 1. The Morgan fingerprint density at radius 2 is 2.05 bits per heavy atom. The highest BCUT2D eigenvalue weighted by Gasteiger charge is 2.27.